The molecule has 49 heavy (non-hydrogen) atoms. The topological polar surface area (TPSA) is 138 Å². The van der Waals surface area contributed by atoms with E-state index in [0.29, 0.717) is 36.1 Å². The van der Waals surface area contributed by atoms with Gasteiger partial charge in [-0.2, -0.15) is 10.3 Å². The maximum Gasteiger partial charge on any atom is 0.222 e. The molecule has 5 aliphatic rings. The molecule has 7 rings (SSSR count). The lowest BCUT2D eigenvalue weighted by molar-refractivity contribution is -0.203. The second-order valence-electron chi connectivity index (χ2n) is 14.4. The van der Waals surface area contributed by atoms with Gasteiger partial charge in [-0.1, -0.05) is 59.6 Å². The third-order valence-corrected chi connectivity index (χ3v) is 11.5. The van der Waals surface area contributed by atoms with Crippen molar-refractivity contribution in [2.45, 2.75) is 96.0 Å². The normalized spacial score (nSPS) is 30.0. The maximum absolute atomic E-state index is 8.99. The standard InChI is InChI=1S/C18H24BrN3O2.C17H19BrN2O.CH5NO.ClH/c1-11(2)12-6-7-17(9-12)10-18(21-16(20)22(3)24-18)14-8-13(19)4-5-15(14)23-17;1-11(2)12-5-6-17(8-12)9-15(20-10-19)14-7-13(18)3-4-16(14)21-17;1-2-3;/h4-5,8,11-12H,6-7,9-10H2,1-3H3,(H2,20,21);3-4,7,11-12H,5-6,8-9H2,1-2H3;2-3H,1H3;1H. The highest BCUT2D eigenvalue weighted by molar-refractivity contribution is 9.10. The highest BCUT2D eigenvalue weighted by atomic mass is 79.9. The highest BCUT2D eigenvalue weighted by Gasteiger charge is 2.57. The van der Waals surface area contributed by atoms with Crippen LogP contribution in [0, 0.1) is 35.1 Å². The Morgan fingerprint density at radius 1 is 1.00 bits per heavy atom. The van der Waals surface area contributed by atoms with Gasteiger partial charge in [0.1, 0.15) is 22.7 Å². The zero-order chi connectivity index (χ0) is 34.9. The van der Waals surface area contributed by atoms with Gasteiger partial charge < -0.3 is 20.4 Å². The van der Waals surface area contributed by atoms with Crippen LogP contribution in [0.4, 0.5) is 0 Å². The number of benzene rings is 2. The number of aliphatic imine (C=N–C) groups is 2. The fourth-order valence-corrected chi connectivity index (χ4v) is 8.70. The van der Waals surface area contributed by atoms with E-state index in [2.05, 4.69) is 64.5 Å². The molecule has 5 atom stereocenters. The van der Waals surface area contributed by atoms with E-state index in [1.165, 1.54) is 19.9 Å². The lowest BCUT2D eigenvalue weighted by atomic mass is 9.82. The minimum atomic E-state index is -0.776. The van der Waals surface area contributed by atoms with Crippen LogP contribution < -0.4 is 20.7 Å². The molecule has 2 fully saturated rings. The molecule has 0 amide bonds. The number of guanidine groups is 1. The predicted octanol–water partition coefficient (Wildman–Crippen LogP) is 8.48. The summed E-state index contributed by atoms with van der Waals surface area (Å²) in [7, 11) is 3.24. The molecule has 4 N–H and O–H groups in total. The maximum atomic E-state index is 8.99. The predicted molar refractivity (Wildman–Crippen MR) is 201 cm³/mol. The molecule has 2 aliphatic carbocycles. The zero-order valence-corrected chi connectivity index (χ0v) is 33.1. The van der Waals surface area contributed by atoms with E-state index in [1.807, 2.05) is 42.6 Å². The van der Waals surface area contributed by atoms with E-state index < -0.39 is 5.72 Å². The third kappa shape index (κ3) is 8.40. The van der Waals surface area contributed by atoms with Crippen LogP contribution in [0.5, 0.6) is 11.5 Å². The van der Waals surface area contributed by atoms with Crippen molar-refractivity contribution in [3.05, 3.63) is 56.5 Å². The molecule has 2 aromatic carbocycles. The van der Waals surface area contributed by atoms with E-state index in [9.17, 15) is 0 Å². The number of hydroxylamine groups is 3. The van der Waals surface area contributed by atoms with Crippen molar-refractivity contribution in [3.8, 4) is 17.7 Å². The summed E-state index contributed by atoms with van der Waals surface area (Å²) in [6, 6.07) is 12.0. The Bertz CT molecular complexity index is 1600. The average Bonchev–Trinajstić information content (AvgIpc) is 3.71. The Morgan fingerprint density at radius 2 is 1.55 bits per heavy atom. The smallest absolute Gasteiger partial charge is 0.222 e. The van der Waals surface area contributed by atoms with Gasteiger partial charge in [0.2, 0.25) is 17.9 Å². The summed E-state index contributed by atoms with van der Waals surface area (Å²) < 4.78 is 14.9. The van der Waals surface area contributed by atoms with Crippen molar-refractivity contribution >= 4 is 55.9 Å². The Kier molecular flexibility index (Phi) is 12.8. The molecule has 0 aromatic heterocycles. The second-order valence-corrected chi connectivity index (χ2v) is 16.3. The van der Waals surface area contributed by atoms with Crippen LogP contribution in [0.2, 0.25) is 0 Å². The third-order valence-electron chi connectivity index (χ3n) is 10.5. The Morgan fingerprint density at radius 3 is 2.10 bits per heavy atom. The molecule has 3 aliphatic heterocycles. The molecule has 0 saturated heterocycles. The van der Waals surface area contributed by atoms with Crippen molar-refractivity contribution in [2.75, 3.05) is 14.1 Å². The number of nitrogens with one attached hydrogen (secondary N) is 1. The quantitative estimate of drug-likeness (QED) is 0.203. The van der Waals surface area contributed by atoms with Gasteiger partial charge in [-0.05, 0) is 98.6 Å². The van der Waals surface area contributed by atoms with Gasteiger partial charge in [0.25, 0.3) is 0 Å². The Hall–Kier alpha value is -2.40. The summed E-state index contributed by atoms with van der Waals surface area (Å²) in [5.41, 5.74) is 9.40. The zero-order valence-electron chi connectivity index (χ0n) is 29.1. The summed E-state index contributed by atoms with van der Waals surface area (Å²) in [5, 5.41) is 17.9. The molecule has 2 saturated carbocycles. The summed E-state index contributed by atoms with van der Waals surface area (Å²) in [6.07, 6.45) is 9.99. The second kappa shape index (κ2) is 15.9. The first-order chi connectivity index (χ1) is 22.8. The van der Waals surface area contributed by atoms with Crippen LogP contribution in [0.15, 0.2) is 55.3 Å². The molecular formula is C36H49Br2ClN6O4. The number of halogens is 3. The first kappa shape index (κ1) is 39.4. The highest BCUT2D eigenvalue weighted by Crippen LogP contribution is 2.56. The van der Waals surface area contributed by atoms with Crippen molar-refractivity contribution in [3.63, 3.8) is 0 Å². The van der Waals surface area contributed by atoms with E-state index in [-0.39, 0.29) is 23.6 Å². The van der Waals surface area contributed by atoms with E-state index in [4.69, 9.17) is 35.5 Å². The lowest BCUT2D eigenvalue weighted by Gasteiger charge is -2.43. The van der Waals surface area contributed by atoms with Gasteiger partial charge >= 0.3 is 0 Å². The van der Waals surface area contributed by atoms with Crippen LogP contribution in [0.1, 0.15) is 90.2 Å². The molecule has 10 nitrogen and oxygen atoms in total. The van der Waals surface area contributed by atoms with E-state index in [0.717, 1.165) is 69.4 Å². The van der Waals surface area contributed by atoms with Gasteiger partial charge in [-0.3, -0.25) is 0 Å². The van der Waals surface area contributed by atoms with E-state index >= 15 is 0 Å². The first-order valence-electron chi connectivity index (χ1n) is 16.8. The number of hydrogen-bond acceptors (Lipinski definition) is 10. The largest absolute Gasteiger partial charge is 0.487 e. The molecule has 268 valence electrons. The summed E-state index contributed by atoms with van der Waals surface area (Å²) in [4.78, 5) is 15.0. The van der Waals surface area contributed by atoms with Crippen molar-refractivity contribution in [1.29, 1.82) is 5.26 Å². The average molecular weight is 825 g/mol. The first-order valence-corrected chi connectivity index (χ1v) is 18.4. The summed E-state index contributed by atoms with van der Waals surface area (Å²) in [5.74, 6) is 4.86. The SMILES string of the molecule is CC(C)C1CCC2(C1)CC1(N=C(N)N(C)O1)c1cc(Br)ccc1O2.CC(C)C1CCC2(CC(=NC#N)c3cc(Br)ccc3O2)C1.CNO.Cl. The van der Waals surface area contributed by atoms with Gasteiger partial charge in [-0.25, -0.2) is 20.4 Å². The molecule has 0 radical (unpaired) electrons. The number of fused-ring (bicyclic) bond motifs is 3. The van der Waals surface area contributed by atoms with Crippen molar-refractivity contribution in [2.24, 2.45) is 39.4 Å². The number of rotatable bonds is 2. The summed E-state index contributed by atoms with van der Waals surface area (Å²) in [6.45, 7) is 9.15. The fraction of sp³-hybridized carbons (Fsp3) is 0.583. The molecular weight excluding hydrogens is 776 g/mol. The number of nitriles is 1. The molecule has 3 spiro atoms. The van der Waals surface area contributed by atoms with Crippen molar-refractivity contribution in [1.82, 2.24) is 10.5 Å². The van der Waals surface area contributed by atoms with Crippen LogP contribution in [-0.4, -0.2) is 47.2 Å². The Balaban J connectivity index is 0.000000202. The molecule has 2 aromatic rings. The van der Waals surface area contributed by atoms with Gasteiger partial charge in [-0.15, -0.1) is 12.4 Å². The van der Waals surface area contributed by atoms with Crippen LogP contribution >= 0.6 is 44.3 Å². The fourth-order valence-electron chi connectivity index (χ4n) is 7.98. The van der Waals surface area contributed by atoms with Crippen molar-refractivity contribution < 1.29 is 19.5 Å². The Labute approximate surface area is 313 Å². The lowest BCUT2D eigenvalue weighted by Crippen LogP contribution is -2.47. The van der Waals surface area contributed by atoms with Gasteiger partial charge in [0.05, 0.1) is 11.3 Å². The number of hydrogen-bond donors (Lipinski definition) is 3. The molecule has 13 heteroatoms. The van der Waals surface area contributed by atoms with Crippen LogP contribution in [0.3, 0.4) is 0 Å². The van der Waals surface area contributed by atoms with Gasteiger partial charge in [0, 0.05) is 41.4 Å². The van der Waals surface area contributed by atoms with Gasteiger partial charge in [0.15, 0.2) is 0 Å². The number of nitrogens with two attached hydrogens (primary N) is 1. The van der Waals surface area contributed by atoms with Crippen LogP contribution in [0.25, 0.3) is 0 Å². The number of ether oxygens (including phenoxy) is 2. The minimum absolute atomic E-state index is 0. The van der Waals surface area contributed by atoms with Crippen LogP contribution in [-0.2, 0) is 10.6 Å². The summed E-state index contributed by atoms with van der Waals surface area (Å²) >= 11 is 7.03. The molecule has 5 unspecified atom stereocenters. The minimum Gasteiger partial charge on any atom is -0.487 e. The molecule has 3 heterocycles. The monoisotopic (exact) mass is 822 g/mol. The molecule has 0 bridgehead atoms. The van der Waals surface area contributed by atoms with E-state index in [1.54, 1.807) is 17.6 Å². The number of nitrogens with zero attached hydrogens (tertiary/aromatic N) is 4.